The molecule has 0 fully saturated rings. The molecular formula is C16H18N4O. The summed E-state index contributed by atoms with van der Waals surface area (Å²) >= 11 is 0. The summed E-state index contributed by atoms with van der Waals surface area (Å²) in [5, 5.41) is 0. The lowest BCUT2D eigenvalue weighted by Gasteiger charge is -2.14. The standard InChI is InChI=1S/C16H18N4O/c1-11-7-13(21-4)8-12(2)15(11)20-6-5-17-16(20)14-9-19(3)10-18-14/h5-10H,1-4H3. The molecule has 0 bridgehead atoms. The molecule has 2 aromatic heterocycles. The molecule has 0 saturated heterocycles. The first kappa shape index (κ1) is 13.4. The van der Waals surface area contributed by atoms with E-state index in [9.17, 15) is 0 Å². The molecule has 3 rings (SSSR count). The van der Waals surface area contributed by atoms with E-state index in [2.05, 4.69) is 28.4 Å². The Kier molecular flexibility index (Phi) is 3.25. The van der Waals surface area contributed by atoms with Crippen molar-refractivity contribution >= 4 is 0 Å². The van der Waals surface area contributed by atoms with E-state index in [1.54, 1.807) is 19.6 Å². The van der Waals surface area contributed by atoms with Gasteiger partial charge in [-0.25, -0.2) is 9.97 Å². The first-order valence-corrected chi connectivity index (χ1v) is 6.77. The fraction of sp³-hybridized carbons (Fsp3) is 0.250. The summed E-state index contributed by atoms with van der Waals surface area (Å²) in [6, 6.07) is 4.06. The van der Waals surface area contributed by atoms with E-state index in [0.717, 1.165) is 34.1 Å². The van der Waals surface area contributed by atoms with Crippen molar-refractivity contribution < 1.29 is 4.74 Å². The van der Waals surface area contributed by atoms with Crippen LogP contribution in [0.1, 0.15) is 11.1 Å². The number of aryl methyl sites for hydroxylation is 3. The molecule has 2 heterocycles. The second kappa shape index (κ2) is 5.09. The molecule has 3 aromatic rings. The molecule has 5 nitrogen and oxygen atoms in total. The van der Waals surface area contributed by atoms with Crippen molar-refractivity contribution in [1.82, 2.24) is 19.1 Å². The van der Waals surface area contributed by atoms with E-state index in [1.807, 2.05) is 36.1 Å². The average molecular weight is 282 g/mol. The summed E-state index contributed by atoms with van der Waals surface area (Å²) in [6.45, 7) is 4.15. The Morgan fingerprint density at radius 2 is 1.81 bits per heavy atom. The highest BCUT2D eigenvalue weighted by atomic mass is 16.5. The smallest absolute Gasteiger partial charge is 0.164 e. The van der Waals surface area contributed by atoms with E-state index >= 15 is 0 Å². The second-order valence-electron chi connectivity index (χ2n) is 5.16. The first-order chi connectivity index (χ1) is 10.1. The lowest BCUT2D eigenvalue weighted by Crippen LogP contribution is -2.02. The minimum Gasteiger partial charge on any atom is -0.497 e. The number of methoxy groups -OCH3 is 1. The van der Waals surface area contributed by atoms with Crippen molar-refractivity contribution in [3.05, 3.63) is 48.2 Å². The van der Waals surface area contributed by atoms with Crippen molar-refractivity contribution in [2.45, 2.75) is 13.8 Å². The van der Waals surface area contributed by atoms with Gasteiger partial charge in [-0.3, -0.25) is 4.57 Å². The summed E-state index contributed by atoms with van der Waals surface area (Å²) in [7, 11) is 3.64. The van der Waals surface area contributed by atoms with Gasteiger partial charge in [0.15, 0.2) is 5.82 Å². The molecule has 0 unspecified atom stereocenters. The van der Waals surface area contributed by atoms with Crippen molar-refractivity contribution in [2.75, 3.05) is 7.11 Å². The normalized spacial score (nSPS) is 10.9. The van der Waals surface area contributed by atoms with Crippen LogP contribution in [0, 0.1) is 13.8 Å². The maximum absolute atomic E-state index is 5.33. The number of hydrogen-bond donors (Lipinski definition) is 0. The van der Waals surface area contributed by atoms with Crippen LogP contribution in [0.25, 0.3) is 17.2 Å². The van der Waals surface area contributed by atoms with Crippen LogP contribution in [0.4, 0.5) is 0 Å². The predicted molar refractivity (Wildman–Crippen MR) is 81.8 cm³/mol. The maximum atomic E-state index is 5.33. The van der Waals surface area contributed by atoms with Gasteiger partial charge in [-0.2, -0.15) is 0 Å². The highest BCUT2D eigenvalue weighted by molar-refractivity contribution is 5.59. The Hall–Kier alpha value is -2.56. The molecule has 1 aromatic carbocycles. The third-order valence-corrected chi connectivity index (χ3v) is 3.52. The number of ether oxygens (including phenoxy) is 1. The van der Waals surface area contributed by atoms with Gasteiger partial charge in [0.2, 0.25) is 0 Å². The van der Waals surface area contributed by atoms with Crippen LogP contribution < -0.4 is 4.74 Å². The first-order valence-electron chi connectivity index (χ1n) is 6.77. The molecule has 5 heteroatoms. The zero-order valence-corrected chi connectivity index (χ0v) is 12.7. The van der Waals surface area contributed by atoms with E-state index in [-0.39, 0.29) is 0 Å². The summed E-state index contributed by atoms with van der Waals surface area (Å²) in [4.78, 5) is 8.85. The zero-order valence-electron chi connectivity index (χ0n) is 12.7. The summed E-state index contributed by atoms with van der Waals surface area (Å²) in [6.07, 6.45) is 7.51. The molecule has 0 aliphatic rings. The molecule has 108 valence electrons. The van der Waals surface area contributed by atoms with Gasteiger partial charge in [0.1, 0.15) is 11.4 Å². The van der Waals surface area contributed by atoms with Crippen LogP contribution >= 0.6 is 0 Å². The van der Waals surface area contributed by atoms with Gasteiger partial charge in [0.05, 0.1) is 19.1 Å². The van der Waals surface area contributed by atoms with Gasteiger partial charge in [-0.05, 0) is 37.1 Å². The number of hydrogen-bond acceptors (Lipinski definition) is 3. The number of aromatic nitrogens is 4. The Balaban J connectivity index is 2.17. The van der Waals surface area contributed by atoms with Gasteiger partial charge >= 0.3 is 0 Å². The lowest BCUT2D eigenvalue weighted by molar-refractivity contribution is 0.414. The van der Waals surface area contributed by atoms with Crippen LogP contribution in [0.15, 0.2) is 37.1 Å². The quantitative estimate of drug-likeness (QED) is 0.742. The number of nitrogens with zero attached hydrogens (tertiary/aromatic N) is 4. The SMILES string of the molecule is COc1cc(C)c(-n2ccnc2-c2cn(C)cn2)c(C)c1. The molecular weight excluding hydrogens is 264 g/mol. The van der Waals surface area contributed by atoms with Gasteiger partial charge < -0.3 is 9.30 Å². The minimum atomic E-state index is 0.840. The van der Waals surface area contributed by atoms with E-state index in [4.69, 9.17) is 4.74 Å². The van der Waals surface area contributed by atoms with Crippen LogP contribution in [0.3, 0.4) is 0 Å². The van der Waals surface area contributed by atoms with Crippen LogP contribution in [0.2, 0.25) is 0 Å². The van der Waals surface area contributed by atoms with Crippen LogP contribution in [0.5, 0.6) is 5.75 Å². The number of benzene rings is 1. The van der Waals surface area contributed by atoms with Crippen LogP contribution in [-0.4, -0.2) is 26.2 Å². The molecule has 0 atom stereocenters. The lowest BCUT2D eigenvalue weighted by atomic mass is 10.1. The van der Waals surface area contributed by atoms with E-state index in [0.29, 0.717) is 0 Å². The molecule has 0 aliphatic heterocycles. The van der Waals surface area contributed by atoms with E-state index in [1.165, 1.54) is 0 Å². The fourth-order valence-corrected chi connectivity index (χ4v) is 2.62. The third-order valence-electron chi connectivity index (χ3n) is 3.52. The van der Waals surface area contributed by atoms with Crippen LogP contribution in [-0.2, 0) is 7.05 Å². The van der Waals surface area contributed by atoms with Gasteiger partial charge in [0.25, 0.3) is 0 Å². The Morgan fingerprint density at radius 3 is 2.38 bits per heavy atom. The zero-order chi connectivity index (χ0) is 15.0. The number of rotatable bonds is 3. The summed E-state index contributed by atoms with van der Waals surface area (Å²) in [5.74, 6) is 1.71. The largest absolute Gasteiger partial charge is 0.497 e. The highest BCUT2D eigenvalue weighted by Crippen LogP contribution is 2.28. The molecule has 0 aliphatic carbocycles. The molecule has 0 N–H and O–H groups in total. The van der Waals surface area contributed by atoms with Gasteiger partial charge in [0, 0.05) is 25.6 Å². The van der Waals surface area contributed by atoms with Gasteiger partial charge in [-0.1, -0.05) is 0 Å². The highest BCUT2D eigenvalue weighted by Gasteiger charge is 2.14. The van der Waals surface area contributed by atoms with Gasteiger partial charge in [-0.15, -0.1) is 0 Å². The molecule has 0 saturated carbocycles. The Morgan fingerprint density at radius 1 is 1.10 bits per heavy atom. The maximum Gasteiger partial charge on any atom is 0.164 e. The average Bonchev–Trinajstić information content (AvgIpc) is 3.06. The second-order valence-corrected chi connectivity index (χ2v) is 5.16. The van der Waals surface area contributed by atoms with Crippen molar-refractivity contribution in [1.29, 1.82) is 0 Å². The topological polar surface area (TPSA) is 44.9 Å². The molecule has 0 radical (unpaired) electrons. The summed E-state index contributed by atoms with van der Waals surface area (Å²) < 4.78 is 9.32. The van der Waals surface area contributed by atoms with Crippen molar-refractivity contribution in [2.24, 2.45) is 7.05 Å². The third kappa shape index (κ3) is 2.31. The molecule has 0 amide bonds. The molecule has 0 spiro atoms. The number of imidazole rings is 2. The van der Waals surface area contributed by atoms with Crippen molar-refractivity contribution in [3.8, 4) is 23.0 Å². The molecule has 21 heavy (non-hydrogen) atoms. The Bertz CT molecular complexity index is 762. The minimum absolute atomic E-state index is 0.840. The van der Waals surface area contributed by atoms with Crippen molar-refractivity contribution in [3.63, 3.8) is 0 Å². The van der Waals surface area contributed by atoms with E-state index < -0.39 is 0 Å². The Labute approximate surface area is 123 Å². The fourth-order valence-electron chi connectivity index (χ4n) is 2.62. The summed E-state index contributed by atoms with van der Waals surface area (Å²) in [5.41, 5.74) is 4.26. The monoisotopic (exact) mass is 282 g/mol. The predicted octanol–water partition coefficient (Wildman–Crippen LogP) is 2.90.